The number of methoxy groups -OCH3 is 1. The van der Waals surface area contributed by atoms with Crippen LogP contribution >= 0.6 is 11.6 Å². The predicted molar refractivity (Wildman–Crippen MR) is 52.0 cm³/mol. The molecule has 0 N–H and O–H groups in total. The Kier molecular flexibility index (Phi) is 3.74. The zero-order valence-electron chi connectivity index (χ0n) is 7.98. The lowest BCUT2D eigenvalue weighted by molar-refractivity contribution is -0.0558. The lowest BCUT2D eigenvalue weighted by Gasteiger charge is -2.04. The van der Waals surface area contributed by atoms with E-state index in [1.165, 1.54) is 13.2 Å². The van der Waals surface area contributed by atoms with Crippen molar-refractivity contribution in [1.82, 2.24) is 0 Å². The standard InChI is InChI=1S/C9H6ClF4NO/c1-16-5-2-3-7(6(11)4-5)15-8(10)9(12,13)14/h2-4H,1H3. The molecule has 0 saturated carbocycles. The number of hydrogen-bond donors (Lipinski definition) is 0. The fourth-order valence-corrected chi connectivity index (χ4v) is 0.965. The monoisotopic (exact) mass is 255 g/mol. The molecule has 1 rings (SSSR count). The molecule has 0 fully saturated rings. The zero-order valence-corrected chi connectivity index (χ0v) is 8.73. The second-order valence-corrected chi connectivity index (χ2v) is 3.08. The quantitative estimate of drug-likeness (QED) is 0.584. The van der Waals surface area contributed by atoms with Gasteiger partial charge in [-0.25, -0.2) is 9.38 Å². The van der Waals surface area contributed by atoms with Crippen molar-refractivity contribution >= 4 is 22.5 Å². The number of nitrogens with zero attached hydrogens (tertiary/aromatic N) is 1. The van der Waals surface area contributed by atoms with Crippen molar-refractivity contribution in [3.05, 3.63) is 24.0 Å². The van der Waals surface area contributed by atoms with Crippen molar-refractivity contribution < 1.29 is 22.3 Å². The van der Waals surface area contributed by atoms with E-state index in [0.29, 0.717) is 0 Å². The molecule has 0 aliphatic carbocycles. The van der Waals surface area contributed by atoms with E-state index in [4.69, 9.17) is 11.6 Å². The lowest BCUT2D eigenvalue weighted by Crippen LogP contribution is -2.16. The number of benzene rings is 1. The molecule has 1 aromatic rings. The molecule has 7 heteroatoms. The summed E-state index contributed by atoms with van der Waals surface area (Å²) in [6.45, 7) is 0. The van der Waals surface area contributed by atoms with Crippen molar-refractivity contribution in [3.63, 3.8) is 0 Å². The number of alkyl halides is 3. The predicted octanol–water partition coefficient (Wildman–Crippen LogP) is 3.67. The van der Waals surface area contributed by atoms with E-state index in [9.17, 15) is 17.6 Å². The Labute approximate surface area is 93.5 Å². The third-order valence-corrected chi connectivity index (χ3v) is 1.91. The van der Waals surface area contributed by atoms with Gasteiger partial charge < -0.3 is 4.74 Å². The van der Waals surface area contributed by atoms with Crippen LogP contribution < -0.4 is 4.74 Å². The first-order valence-corrected chi connectivity index (χ1v) is 4.37. The van der Waals surface area contributed by atoms with Crippen LogP contribution in [-0.4, -0.2) is 18.5 Å². The van der Waals surface area contributed by atoms with Crippen LogP contribution in [0.25, 0.3) is 0 Å². The molecule has 1 aromatic carbocycles. The lowest BCUT2D eigenvalue weighted by atomic mass is 10.3. The van der Waals surface area contributed by atoms with Crippen molar-refractivity contribution in [2.24, 2.45) is 4.99 Å². The highest BCUT2D eigenvalue weighted by molar-refractivity contribution is 6.67. The molecule has 2 nitrogen and oxygen atoms in total. The highest BCUT2D eigenvalue weighted by Crippen LogP contribution is 2.27. The molecule has 0 aliphatic heterocycles. The summed E-state index contributed by atoms with van der Waals surface area (Å²) in [5.74, 6) is -0.763. The summed E-state index contributed by atoms with van der Waals surface area (Å²) in [5.41, 5.74) is -0.497. The van der Waals surface area contributed by atoms with E-state index in [-0.39, 0.29) is 5.75 Å². The molecule has 88 valence electrons. The van der Waals surface area contributed by atoms with E-state index in [1.54, 1.807) is 0 Å². The van der Waals surface area contributed by atoms with Crippen LogP contribution in [-0.2, 0) is 0 Å². The first-order chi connectivity index (χ1) is 7.34. The molecule has 0 saturated heterocycles. The second kappa shape index (κ2) is 4.69. The number of halogens is 5. The minimum atomic E-state index is -4.78. The Bertz CT molecular complexity index is 416. The average molecular weight is 256 g/mol. The van der Waals surface area contributed by atoms with Gasteiger partial charge in [-0.3, -0.25) is 0 Å². The SMILES string of the molecule is COc1ccc(N=C(Cl)C(F)(F)F)c(F)c1. The van der Waals surface area contributed by atoms with Crippen molar-refractivity contribution in [3.8, 4) is 5.75 Å². The second-order valence-electron chi connectivity index (χ2n) is 2.72. The minimum absolute atomic E-state index is 0.180. The summed E-state index contributed by atoms with van der Waals surface area (Å²) in [6, 6.07) is 3.24. The number of hydrogen-bond acceptors (Lipinski definition) is 2. The largest absolute Gasteiger partial charge is 0.497 e. The average Bonchev–Trinajstić information content (AvgIpc) is 2.19. The third-order valence-electron chi connectivity index (χ3n) is 1.61. The maximum absolute atomic E-state index is 13.2. The van der Waals surface area contributed by atoms with Crippen LogP contribution in [0.2, 0.25) is 0 Å². The van der Waals surface area contributed by atoms with Gasteiger partial charge in [0.25, 0.3) is 0 Å². The Morgan fingerprint density at radius 3 is 2.44 bits per heavy atom. The molecule has 0 aliphatic rings. The number of ether oxygens (including phenoxy) is 1. The molecule has 0 unspecified atom stereocenters. The molecular weight excluding hydrogens is 250 g/mol. The smallest absolute Gasteiger partial charge is 0.444 e. The minimum Gasteiger partial charge on any atom is -0.497 e. The molecule has 0 bridgehead atoms. The molecule has 0 aromatic heterocycles. The summed E-state index contributed by atoms with van der Waals surface area (Å²) >= 11 is 4.86. The Morgan fingerprint density at radius 1 is 1.38 bits per heavy atom. The van der Waals surface area contributed by atoms with Gasteiger partial charge in [-0.1, -0.05) is 11.6 Å². The van der Waals surface area contributed by atoms with E-state index >= 15 is 0 Å². The van der Waals surface area contributed by atoms with Crippen LogP contribution in [0.3, 0.4) is 0 Å². The van der Waals surface area contributed by atoms with Crippen molar-refractivity contribution in [2.75, 3.05) is 7.11 Å². The van der Waals surface area contributed by atoms with Crippen LogP contribution in [0.5, 0.6) is 5.75 Å². The molecule has 0 radical (unpaired) electrons. The highest BCUT2D eigenvalue weighted by Gasteiger charge is 2.34. The van der Waals surface area contributed by atoms with Crippen LogP contribution in [0, 0.1) is 5.82 Å². The molecule has 0 atom stereocenters. The van der Waals surface area contributed by atoms with Gasteiger partial charge in [-0.15, -0.1) is 0 Å². The maximum Gasteiger partial charge on any atom is 0.444 e. The van der Waals surface area contributed by atoms with E-state index in [1.807, 2.05) is 0 Å². The molecule has 0 heterocycles. The Hall–Kier alpha value is -1.30. The molecule has 0 amide bonds. The van der Waals surface area contributed by atoms with Gasteiger partial charge in [-0.05, 0) is 12.1 Å². The topological polar surface area (TPSA) is 21.6 Å². The zero-order chi connectivity index (χ0) is 12.3. The number of rotatable bonds is 2. The van der Waals surface area contributed by atoms with Gasteiger partial charge in [0.1, 0.15) is 11.4 Å². The fourth-order valence-electron chi connectivity index (χ4n) is 0.874. The molecule has 16 heavy (non-hydrogen) atoms. The van der Waals surface area contributed by atoms with E-state index < -0.39 is 22.9 Å². The first-order valence-electron chi connectivity index (χ1n) is 3.99. The summed E-state index contributed by atoms with van der Waals surface area (Å²) in [7, 11) is 1.31. The Balaban J connectivity index is 3.07. The van der Waals surface area contributed by atoms with Gasteiger partial charge >= 0.3 is 6.18 Å². The Morgan fingerprint density at radius 2 is 2.00 bits per heavy atom. The fraction of sp³-hybridized carbons (Fsp3) is 0.222. The molecule has 0 spiro atoms. The first kappa shape index (κ1) is 12.8. The van der Waals surface area contributed by atoms with E-state index in [2.05, 4.69) is 9.73 Å². The van der Waals surface area contributed by atoms with E-state index in [0.717, 1.165) is 12.1 Å². The van der Waals surface area contributed by atoms with Crippen LogP contribution in [0.1, 0.15) is 0 Å². The highest BCUT2D eigenvalue weighted by atomic mass is 35.5. The van der Waals surface area contributed by atoms with Gasteiger partial charge in [0.05, 0.1) is 7.11 Å². The summed E-state index contributed by atoms with van der Waals surface area (Å²) in [4.78, 5) is 2.93. The van der Waals surface area contributed by atoms with Gasteiger partial charge in [0, 0.05) is 6.07 Å². The summed E-state index contributed by atoms with van der Waals surface area (Å²) in [5, 5.41) is -1.63. The van der Waals surface area contributed by atoms with Gasteiger partial charge in [0.15, 0.2) is 5.82 Å². The third kappa shape index (κ3) is 3.10. The number of aliphatic imine (C=N–C) groups is 1. The van der Waals surface area contributed by atoms with Gasteiger partial charge in [-0.2, -0.15) is 13.2 Å². The van der Waals surface area contributed by atoms with Crippen LogP contribution in [0.15, 0.2) is 23.2 Å². The van der Waals surface area contributed by atoms with Crippen molar-refractivity contribution in [2.45, 2.75) is 6.18 Å². The van der Waals surface area contributed by atoms with Crippen molar-refractivity contribution in [1.29, 1.82) is 0 Å². The maximum atomic E-state index is 13.2. The summed E-state index contributed by atoms with van der Waals surface area (Å²) < 4.78 is 53.9. The normalized spacial score (nSPS) is 12.8. The molecular formula is C9H6ClF4NO. The van der Waals surface area contributed by atoms with Gasteiger partial charge in [0.2, 0.25) is 5.17 Å². The van der Waals surface area contributed by atoms with Crippen LogP contribution in [0.4, 0.5) is 23.2 Å². The summed E-state index contributed by atoms with van der Waals surface area (Å²) in [6.07, 6.45) is -4.78.